The van der Waals surface area contributed by atoms with Gasteiger partial charge in [0.1, 0.15) is 5.52 Å². The van der Waals surface area contributed by atoms with E-state index in [9.17, 15) is 9.59 Å². The van der Waals surface area contributed by atoms with Gasteiger partial charge in [0.05, 0.1) is 30.8 Å². The van der Waals surface area contributed by atoms with Crippen molar-refractivity contribution in [1.29, 1.82) is 0 Å². The highest BCUT2D eigenvalue weighted by molar-refractivity contribution is 5.99. The van der Waals surface area contributed by atoms with Gasteiger partial charge >= 0.3 is 11.1 Å². The number of hydrogen-bond donors (Lipinski definition) is 2. The summed E-state index contributed by atoms with van der Waals surface area (Å²) >= 11 is 0. The Morgan fingerprint density at radius 3 is 2.30 bits per heavy atom. The molecule has 2 heterocycles. The fourth-order valence-electron chi connectivity index (χ4n) is 1.94. The lowest BCUT2D eigenvalue weighted by atomic mass is 10.2. The Hall–Kier alpha value is -2.90. The lowest BCUT2D eigenvalue weighted by Gasteiger charge is -2.08. The second kappa shape index (κ2) is 4.34. The van der Waals surface area contributed by atoms with Crippen molar-refractivity contribution in [3.05, 3.63) is 32.8 Å². The summed E-state index contributed by atoms with van der Waals surface area (Å²) in [7, 11) is 2.90. The van der Waals surface area contributed by atoms with E-state index in [1.54, 1.807) is 12.1 Å². The molecule has 0 aliphatic heterocycles. The van der Waals surface area contributed by atoms with Crippen molar-refractivity contribution in [2.24, 2.45) is 0 Å². The van der Waals surface area contributed by atoms with Gasteiger partial charge in [0.15, 0.2) is 0 Å². The lowest BCUT2D eigenvalue weighted by Crippen LogP contribution is -2.29. The number of rotatable bonds is 2. The van der Waals surface area contributed by atoms with E-state index in [-0.39, 0.29) is 11.8 Å². The van der Waals surface area contributed by atoms with Crippen molar-refractivity contribution in [3.63, 3.8) is 0 Å². The first-order valence-electron chi connectivity index (χ1n) is 5.69. The van der Waals surface area contributed by atoms with Crippen LogP contribution in [-0.2, 0) is 0 Å². The molecule has 0 bridgehead atoms. The topological polar surface area (TPSA) is 110 Å². The van der Waals surface area contributed by atoms with E-state index in [0.717, 1.165) is 0 Å². The molecular weight excluding hydrogens is 264 g/mol. The fraction of sp³-hybridized carbons (Fsp3) is 0.167. The summed E-state index contributed by atoms with van der Waals surface area (Å²) in [5, 5.41) is 0. The van der Waals surface area contributed by atoms with Crippen LogP contribution < -0.4 is 20.6 Å². The Balaban J connectivity index is 2.49. The van der Waals surface area contributed by atoms with Crippen LogP contribution in [0.2, 0.25) is 0 Å². The van der Waals surface area contributed by atoms with Crippen molar-refractivity contribution < 1.29 is 9.47 Å². The molecule has 8 heteroatoms. The summed E-state index contributed by atoms with van der Waals surface area (Å²) in [6.07, 6.45) is 0. The summed E-state index contributed by atoms with van der Waals surface area (Å²) in [4.78, 5) is 36.2. The minimum absolute atomic E-state index is 0.194. The predicted octanol–water partition coefficient (Wildman–Crippen LogP) is 0.177. The molecule has 3 rings (SSSR count). The van der Waals surface area contributed by atoms with Gasteiger partial charge in [-0.2, -0.15) is 0 Å². The molecule has 0 saturated heterocycles. The van der Waals surface area contributed by atoms with E-state index in [0.29, 0.717) is 22.1 Å². The predicted molar refractivity (Wildman–Crippen MR) is 71.4 cm³/mol. The van der Waals surface area contributed by atoms with E-state index in [1.807, 2.05) is 0 Å². The van der Waals surface area contributed by atoms with Gasteiger partial charge in [0.2, 0.25) is 0 Å². The van der Waals surface area contributed by atoms with Crippen LogP contribution >= 0.6 is 0 Å². The van der Waals surface area contributed by atoms with Gasteiger partial charge in [-0.3, -0.25) is 9.59 Å². The highest BCUT2D eigenvalue weighted by Crippen LogP contribution is 2.27. The van der Waals surface area contributed by atoms with Crippen LogP contribution in [0.5, 0.6) is 11.8 Å². The van der Waals surface area contributed by atoms with Crippen LogP contribution in [0.3, 0.4) is 0 Å². The zero-order valence-electron chi connectivity index (χ0n) is 10.7. The number of hydrogen-bond acceptors (Lipinski definition) is 6. The minimum Gasteiger partial charge on any atom is -0.477 e. The monoisotopic (exact) mass is 274 g/mol. The maximum absolute atomic E-state index is 11.5. The van der Waals surface area contributed by atoms with Crippen LogP contribution in [-0.4, -0.2) is 34.2 Å². The van der Waals surface area contributed by atoms with E-state index in [4.69, 9.17) is 9.47 Å². The standard InChI is InChI=1S/C12H10N4O4/c1-19-11-12(20-2)16-8-6(14-11)4-3-5-7(8)15-10(18)9(17)13-5/h3-4H,1-2H3,(H,13,17)(H,15,18). The van der Waals surface area contributed by atoms with Gasteiger partial charge in [-0.15, -0.1) is 0 Å². The maximum atomic E-state index is 11.5. The summed E-state index contributed by atoms with van der Waals surface area (Å²) in [5.41, 5.74) is 0.308. The normalized spacial score (nSPS) is 10.9. The van der Waals surface area contributed by atoms with Crippen molar-refractivity contribution in [3.8, 4) is 11.8 Å². The Morgan fingerprint density at radius 1 is 0.950 bits per heavy atom. The highest BCUT2D eigenvalue weighted by atomic mass is 16.5. The first kappa shape index (κ1) is 12.2. The number of nitrogens with zero attached hydrogens (tertiary/aromatic N) is 2. The molecule has 0 atom stereocenters. The maximum Gasteiger partial charge on any atom is 0.314 e. The SMILES string of the molecule is COc1nc2ccc3[nH]c(=O)c(=O)[nH]c3c2nc1OC. The average Bonchev–Trinajstić information content (AvgIpc) is 2.47. The van der Waals surface area contributed by atoms with Crippen molar-refractivity contribution >= 4 is 22.1 Å². The number of aromatic nitrogens is 4. The Kier molecular flexibility index (Phi) is 2.63. The smallest absolute Gasteiger partial charge is 0.314 e. The summed E-state index contributed by atoms with van der Waals surface area (Å²) < 4.78 is 10.2. The highest BCUT2D eigenvalue weighted by Gasteiger charge is 2.13. The quantitative estimate of drug-likeness (QED) is 0.509. The molecule has 2 aromatic heterocycles. The van der Waals surface area contributed by atoms with Crippen molar-refractivity contribution in [2.45, 2.75) is 0 Å². The van der Waals surface area contributed by atoms with Crippen molar-refractivity contribution in [2.75, 3.05) is 14.2 Å². The largest absolute Gasteiger partial charge is 0.477 e. The molecule has 0 fully saturated rings. The van der Waals surface area contributed by atoms with Crippen LogP contribution in [0.4, 0.5) is 0 Å². The van der Waals surface area contributed by atoms with Gasteiger partial charge in [0.25, 0.3) is 11.8 Å². The number of ether oxygens (including phenoxy) is 2. The van der Waals surface area contributed by atoms with Gasteiger partial charge in [-0.05, 0) is 12.1 Å². The van der Waals surface area contributed by atoms with E-state index in [1.165, 1.54) is 14.2 Å². The zero-order valence-corrected chi connectivity index (χ0v) is 10.7. The molecule has 0 aliphatic carbocycles. The molecule has 8 nitrogen and oxygen atoms in total. The van der Waals surface area contributed by atoms with E-state index in [2.05, 4.69) is 19.9 Å². The third-order valence-corrected chi connectivity index (χ3v) is 2.85. The number of methoxy groups -OCH3 is 2. The van der Waals surface area contributed by atoms with Gasteiger partial charge < -0.3 is 19.4 Å². The van der Waals surface area contributed by atoms with E-state index < -0.39 is 11.1 Å². The van der Waals surface area contributed by atoms with Crippen LogP contribution in [0.1, 0.15) is 0 Å². The zero-order chi connectivity index (χ0) is 14.3. The first-order chi connectivity index (χ1) is 9.63. The molecule has 20 heavy (non-hydrogen) atoms. The Bertz CT molecular complexity index is 928. The number of fused-ring (bicyclic) bond motifs is 3. The van der Waals surface area contributed by atoms with E-state index >= 15 is 0 Å². The Morgan fingerprint density at radius 2 is 1.60 bits per heavy atom. The number of aromatic amines is 2. The third-order valence-electron chi connectivity index (χ3n) is 2.85. The van der Waals surface area contributed by atoms with Gasteiger partial charge in [0, 0.05) is 0 Å². The molecule has 0 saturated carbocycles. The van der Waals surface area contributed by atoms with Crippen molar-refractivity contribution in [1.82, 2.24) is 19.9 Å². The molecule has 0 spiro atoms. The molecular formula is C12H10N4O4. The molecule has 2 N–H and O–H groups in total. The summed E-state index contributed by atoms with van der Waals surface area (Å²) in [6.45, 7) is 0. The number of nitrogens with one attached hydrogen (secondary N) is 2. The van der Waals surface area contributed by atoms with Crippen LogP contribution in [0, 0.1) is 0 Å². The fourth-order valence-corrected chi connectivity index (χ4v) is 1.94. The number of benzene rings is 1. The molecule has 0 amide bonds. The Labute approximate surface area is 111 Å². The molecule has 3 aromatic rings. The third kappa shape index (κ3) is 1.69. The molecule has 0 unspecified atom stereocenters. The second-order valence-corrected chi connectivity index (χ2v) is 4.01. The minimum atomic E-state index is -0.749. The van der Waals surface area contributed by atoms with Crippen LogP contribution in [0.15, 0.2) is 21.7 Å². The lowest BCUT2D eigenvalue weighted by molar-refractivity contribution is 0.334. The molecule has 0 aliphatic rings. The molecule has 102 valence electrons. The van der Waals surface area contributed by atoms with Gasteiger partial charge in [-0.25, -0.2) is 9.97 Å². The molecule has 1 aromatic carbocycles. The summed E-state index contributed by atoms with van der Waals surface area (Å²) in [6, 6.07) is 3.30. The summed E-state index contributed by atoms with van der Waals surface area (Å²) in [5.74, 6) is 0.436. The average molecular weight is 274 g/mol. The molecule has 0 radical (unpaired) electrons. The second-order valence-electron chi connectivity index (χ2n) is 4.01. The van der Waals surface area contributed by atoms with Crippen LogP contribution in [0.25, 0.3) is 22.1 Å². The van der Waals surface area contributed by atoms with Gasteiger partial charge in [-0.1, -0.05) is 0 Å². The first-order valence-corrected chi connectivity index (χ1v) is 5.69. The number of H-pyrrole nitrogens is 2.